The smallest absolute Gasteiger partial charge is 0.239 e. The maximum Gasteiger partial charge on any atom is 0.239 e. The van der Waals surface area contributed by atoms with Gasteiger partial charge in [-0.15, -0.1) is 0 Å². The third-order valence-corrected chi connectivity index (χ3v) is 3.65. The van der Waals surface area contributed by atoms with Gasteiger partial charge in [-0.2, -0.15) is 0 Å². The van der Waals surface area contributed by atoms with E-state index < -0.39 is 0 Å². The number of anilines is 1. The lowest BCUT2D eigenvalue weighted by molar-refractivity contribution is -0.120. The molecule has 1 fully saturated rings. The van der Waals surface area contributed by atoms with Gasteiger partial charge in [-0.25, -0.2) is 0 Å². The van der Waals surface area contributed by atoms with E-state index in [1.165, 1.54) is 12.8 Å². The number of nitrogens with one attached hydrogen (secondary N) is 2. The summed E-state index contributed by atoms with van der Waals surface area (Å²) in [6.07, 6.45) is 4.59. The molecule has 0 aromatic heterocycles. The Labute approximate surface area is 117 Å². The van der Waals surface area contributed by atoms with Crippen molar-refractivity contribution >= 4 is 34.8 Å². The monoisotopic (exact) mass is 286 g/mol. The van der Waals surface area contributed by atoms with Crippen molar-refractivity contribution in [2.45, 2.75) is 31.7 Å². The first-order chi connectivity index (χ1) is 8.65. The highest BCUT2D eigenvalue weighted by Crippen LogP contribution is 2.25. The molecule has 1 aromatic rings. The van der Waals surface area contributed by atoms with Crippen molar-refractivity contribution < 1.29 is 4.79 Å². The molecule has 5 heteroatoms. The average molecular weight is 287 g/mol. The number of halogens is 2. The first-order valence-corrected chi connectivity index (χ1v) is 6.89. The Morgan fingerprint density at radius 1 is 1.28 bits per heavy atom. The molecule has 0 spiro atoms. The Hall–Kier alpha value is -0.930. The minimum Gasteiger partial charge on any atom is -0.375 e. The molecule has 1 saturated carbocycles. The molecule has 1 amide bonds. The summed E-state index contributed by atoms with van der Waals surface area (Å²) in [4.78, 5) is 11.7. The summed E-state index contributed by atoms with van der Waals surface area (Å²) in [6, 6.07) is 5.48. The predicted octanol–water partition coefficient (Wildman–Crippen LogP) is 3.46. The highest BCUT2D eigenvalue weighted by atomic mass is 35.5. The number of hydrogen-bond donors (Lipinski definition) is 2. The Morgan fingerprint density at radius 2 is 2.00 bits per heavy atom. The maximum atomic E-state index is 11.7. The Bertz CT molecular complexity index is 431. The second kappa shape index (κ2) is 6.30. The van der Waals surface area contributed by atoms with Crippen LogP contribution in [0.3, 0.4) is 0 Å². The number of benzene rings is 1. The van der Waals surface area contributed by atoms with Crippen LogP contribution in [0.4, 0.5) is 5.69 Å². The van der Waals surface area contributed by atoms with Crippen LogP contribution in [0.5, 0.6) is 0 Å². The second-order valence-electron chi connectivity index (χ2n) is 4.53. The molecule has 0 unspecified atom stereocenters. The first-order valence-electron chi connectivity index (χ1n) is 6.13. The number of hydrogen-bond acceptors (Lipinski definition) is 2. The fourth-order valence-electron chi connectivity index (χ4n) is 2.16. The first kappa shape index (κ1) is 13.5. The topological polar surface area (TPSA) is 41.1 Å². The van der Waals surface area contributed by atoms with Crippen LogP contribution in [-0.2, 0) is 4.79 Å². The zero-order valence-electron chi connectivity index (χ0n) is 10.0. The molecule has 0 saturated heterocycles. The van der Waals surface area contributed by atoms with Crippen LogP contribution in [0, 0.1) is 0 Å². The summed E-state index contributed by atoms with van der Waals surface area (Å²) in [5.74, 6) is -0.00191. The number of carbonyl (C=O) groups is 1. The molecule has 98 valence electrons. The molecule has 0 atom stereocenters. The molecule has 1 aliphatic carbocycles. The fourth-order valence-corrected chi connectivity index (χ4v) is 2.51. The lowest BCUT2D eigenvalue weighted by Crippen LogP contribution is -2.36. The van der Waals surface area contributed by atoms with Crippen LogP contribution in [0.2, 0.25) is 10.0 Å². The maximum absolute atomic E-state index is 11.7. The van der Waals surface area contributed by atoms with Crippen LogP contribution < -0.4 is 10.6 Å². The highest BCUT2D eigenvalue weighted by Gasteiger charge is 2.16. The van der Waals surface area contributed by atoms with Crippen LogP contribution in [0.25, 0.3) is 0 Å². The van der Waals surface area contributed by atoms with Gasteiger partial charge >= 0.3 is 0 Å². The summed E-state index contributed by atoms with van der Waals surface area (Å²) in [6.45, 7) is 0.219. The van der Waals surface area contributed by atoms with Crippen molar-refractivity contribution in [3.05, 3.63) is 28.2 Å². The molecule has 0 radical (unpaired) electrons. The van der Waals surface area contributed by atoms with Crippen molar-refractivity contribution in [1.29, 1.82) is 0 Å². The van der Waals surface area contributed by atoms with Crippen molar-refractivity contribution in [1.82, 2.24) is 5.32 Å². The Balaban J connectivity index is 1.83. The molecule has 0 aliphatic heterocycles. The highest BCUT2D eigenvalue weighted by molar-refractivity contribution is 6.35. The van der Waals surface area contributed by atoms with Crippen LogP contribution in [0.15, 0.2) is 18.2 Å². The number of carbonyl (C=O) groups excluding carboxylic acids is 1. The van der Waals surface area contributed by atoms with E-state index in [0.717, 1.165) is 12.8 Å². The lowest BCUT2D eigenvalue weighted by Gasteiger charge is -2.13. The van der Waals surface area contributed by atoms with Gasteiger partial charge in [-0.1, -0.05) is 36.0 Å². The minimum atomic E-state index is -0.00191. The molecule has 2 N–H and O–H groups in total. The summed E-state index contributed by atoms with van der Waals surface area (Å²) in [5, 5.41) is 7.16. The van der Waals surface area contributed by atoms with Gasteiger partial charge in [0.15, 0.2) is 0 Å². The van der Waals surface area contributed by atoms with E-state index in [1.807, 2.05) is 0 Å². The molecule has 18 heavy (non-hydrogen) atoms. The zero-order chi connectivity index (χ0) is 13.0. The summed E-state index contributed by atoms with van der Waals surface area (Å²) < 4.78 is 0. The SMILES string of the molecule is O=C(CNc1cc(Cl)ccc1Cl)NC1CCCC1. The van der Waals surface area contributed by atoms with Crippen LogP contribution in [0.1, 0.15) is 25.7 Å². The quantitative estimate of drug-likeness (QED) is 0.890. The van der Waals surface area contributed by atoms with Crippen molar-refractivity contribution in [2.24, 2.45) is 0 Å². The van der Waals surface area contributed by atoms with E-state index in [-0.39, 0.29) is 12.5 Å². The van der Waals surface area contributed by atoms with E-state index in [4.69, 9.17) is 23.2 Å². The van der Waals surface area contributed by atoms with Gasteiger partial charge in [-0.05, 0) is 31.0 Å². The number of rotatable bonds is 4. The van der Waals surface area contributed by atoms with E-state index in [9.17, 15) is 4.79 Å². The summed E-state index contributed by atoms with van der Waals surface area (Å²) >= 11 is 11.9. The van der Waals surface area contributed by atoms with Gasteiger partial charge in [0.25, 0.3) is 0 Å². The van der Waals surface area contributed by atoms with Crippen LogP contribution in [-0.4, -0.2) is 18.5 Å². The van der Waals surface area contributed by atoms with Gasteiger partial charge in [-0.3, -0.25) is 4.79 Å². The molecule has 1 aromatic carbocycles. The predicted molar refractivity (Wildman–Crippen MR) is 75.4 cm³/mol. The average Bonchev–Trinajstić information content (AvgIpc) is 2.83. The van der Waals surface area contributed by atoms with Gasteiger partial charge in [0, 0.05) is 11.1 Å². The third-order valence-electron chi connectivity index (χ3n) is 3.09. The summed E-state index contributed by atoms with van der Waals surface area (Å²) in [7, 11) is 0. The molecule has 2 rings (SSSR count). The molecule has 3 nitrogen and oxygen atoms in total. The Morgan fingerprint density at radius 3 is 2.72 bits per heavy atom. The summed E-state index contributed by atoms with van der Waals surface area (Å²) in [5.41, 5.74) is 0.686. The third kappa shape index (κ3) is 3.79. The molecular formula is C13H16Cl2N2O. The second-order valence-corrected chi connectivity index (χ2v) is 5.37. The largest absolute Gasteiger partial charge is 0.375 e. The molecule has 0 bridgehead atoms. The van der Waals surface area contributed by atoms with E-state index in [0.29, 0.717) is 21.8 Å². The normalized spacial score (nSPS) is 15.7. The lowest BCUT2D eigenvalue weighted by atomic mass is 10.2. The molecule has 1 aliphatic rings. The minimum absolute atomic E-state index is 0.00191. The van der Waals surface area contributed by atoms with Crippen LogP contribution >= 0.6 is 23.2 Å². The van der Waals surface area contributed by atoms with Crippen molar-refractivity contribution in [3.63, 3.8) is 0 Å². The number of amides is 1. The van der Waals surface area contributed by atoms with Gasteiger partial charge in [0.1, 0.15) is 0 Å². The van der Waals surface area contributed by atoms with Crippen molar-refractivity contribution in [2.75, 3.05) is 11.9 Å². The van der Waals surface area contributed by atoms with E-state index >= 15 is 0 Å². The van der Waals surface area contributed by atoms with Crippen molar-refractivity contribution in [3.8, 4) is 0 Å². The van der Waals surface area contributed by atoms with E-state index in [1.54, 1.807) is 18.2 Å². The molecule has 0 heterocycles. The van der Waals surface area contributed by atoms with Gasteiger partial charge in [0.2, 0.25) is 5.91 Å². The van der Waals surface area contributed by atoms with E-state index in [2.05, 4.69) is 10.6 Å². The van der Waals surface area contributed by atoms with Gasteiger partial charge in [0.05, 0.1) is 17.3 Å². The fraction of sp³-hybridized carbons (Fsp3) is 0.462. The van der Waals surface area contributed by atoms with Gasteiger partial charge < -0.3 is 10.6 Å². The Kier molecular flexibility index (Phi) is 4.72. The zero-order valence-corrected chi connectivity index (χ0v) is 11.5. The molecular weight excluding hydrogens is 271 g/mol. The standard InChI is InChI=1S/C13H16Cl2N2O/c14-9-5-6-11(15)12(7-9)16-8-13(18)17-10-3-1-2-4-10/h5-7,10,16H,1-4,8H2,(H,17,18).